The number of aliphatic hydroxyl groups is 1. The zero-order chi connectivity index (χ0) is 9.35. The van der Waals surface area contributed by atoms with E-state index in [9.17, 15) is 5.11 Å². The Morgan fingerprint density at radius 3 is 2.25 bits per heavy atom. The Labute approximate surface area is 89.1 Å². The Morgan fingerprint density at radius 1 is 1.25 bits per heavy atom. The van der Waals surface area contributed by atoms with Crippen molar-refractivity contribution >= 4 is 31.9 Å². The van der Waals surface area contributed by atoms with Gasteiger partial charge in [0.2, 0.25) is 0 Å². The fourth-order valence-electron chi connectivity index (χ4n) is 0.966. The van der Waals surface area contributed by atoms with Crippen LogP contribution in [0.4, 0.5) is 0 Å². The second-order valence-electron chi connectivity index (χ2n) is 3.18. The number of rotatable bonds is 1. The van der Waals surface area contributed by atoms with Crippen molar-refractivity contribution in [2.24, 2.45) is 0 Å². The van der Waals surface area contributed by atoms with Gasteiger partial charge in [0, 0.05) is 8.95 Å². The number of hydrogen-bond donors (Lipinski definition) is 1. The van der Waals surface area contributed by atoms with E-state index in [0.717, 1.165) is 14.5 Å². The Kier molecular flexibility index (Phi) is 2.97. The molecule has 0 spiro atoms. The molecule has 66 valence electrons. The molecule has 0 unspecified atom stereocenters. The Bertz CT molecular complexity index is 289. The Hall–Kier alpha value is 0.140. The lowest BCUT2D eigenvalue weighted by atomic mass is 9.99. The summed E-state index contributed by atoms with van der Waals surface area (Å²) in [5, 5.41) is 9.74. The summed E-state index contributed by atoms with van der Waals surface area (Å²) in [6, 6.07) is 5.75. The number of benzene rings is 1. The van der Waals surface area contributed by atoms with E-state index in [0.29, 0.717) is 0 Å². The third-order valence-corrected chi connectivity index (χ3v) is 2.77. The number of halogens is 2. The molecule has 1 aromatic rings. The molecule has 1 N–H and O–H groups in total. The zero-order valence-electron chi connectivity index (χ0n) is 6.94. The minimum atomic E-state index is -0.803. The minimum Gasteiger partial charge on any atom is -0.386 e. The van der Waals surface area contributed by atoms with Gasteiger partial charge in [-0.05, 0) is 37.6 Å². The molecule has 0 fully saturated rings. The van der Waals surface area contributed by atoms with Crippen molar-refractivity contribution in [3.8, 4) is 0 Å². The van der Waals surface area contributed by atoms with Gasteiger partial charge in [0.05, 0.1) is 5.60 Å². The van der Waals surface area contributed by atoms with Gasteiger partial charge in [-0.15, -0.1) is 0 Å². The first kappa shape index (κ1) is 10.2. The van der Waals surface area contributed by atoms with Crippen molar-refractivity contribution < 1.29 is 5.11 Å². The van der Waals surface area contributed by atoms with Gasteiger partial charge in [-0.25, -0.2) is 0 Å². The van der Waals surface area contributed by atoms with Crippen LogP contribution in [-0.4, -0.2) is 5.11 Å². The highest BCUT2D eigenvalue weighted by atomic mass is 79.9. The molecular weight excluding hydrogens is 284 g/mol. The summed E-state index contributed by atoms with van der Waals surface area (Å²) >= 11 is 6.74. The first-order valence-corrected chi connectivity index (χ1v) is 5.18. The maximum Gasteiger partial charge on any atom is 0.0851 e. The van der Waals surface area contributed by atoms with Crippen LogP contribution in [0.15, 0.2) is 27.1 Å². The fraction of sp³-hybridized carbons (Fsp3) is 0.333. The molecule has 0 aliphatic carbocycles. The van der Waals surface area contributed by atoms with Crippen molar-refractivity contribution in [3.05, 3.63) is 32.7 Å². The zero-order valence-corrected chi connectivity index (χ0v) is 10.1. The summed E-state index contributed by atoms with van der Waals surface area (Å²) in [4.78, 5) is 0. The highest BCUT2D eigenvalue weighted by Gasteiger charge is 2.18. The van der Waals surface area contributed by atoms with E-state index in [2.05, 4.69) is 31.9 Å². The monoisotopic (exact) mass is 292 g/mol. The van der Waals surface area contributed by atoms with Crippen LogP contribution in [0.3, 0.4) is 0 Å². The number of hydrogen-bond acceptors (Lipinski definition) is 1. The van der Waals surface area contributed by atoms with E-state index in [1.807, 2.05) is 18.2 Å². The molecule has 0 aromatic heterocycles. The molecule has 0 aliphatic rings. The summed E-state index contributed by atoms with van der Waals surface area (Å²) in [7, 11) is 0. The summed E-state index contributed by atoms with van der Waals surface area (Å²) in [6.45, 7) is 3.53. The molecule has 1 aromatic carbocycles. The Balaban J connectivity index is 3.23. The van der Waals surface area contributed by atoms with Gasteiger partial charge in [0.15, 0.2) is 0 Å². The molecule has 0 radical (unpaired) electrons. The molecule has 0 aliphatic heterocycles. The SMILES string of the molecule is CC(C)(O)c1cc(Br)ccc1Br. The van der Waals surface area contributed by atoms with Crippen LogP contribution in [0.2, 0.25) is 0 Å². The summed E-state index contributed by atoms with van der Waals surface area (Å²) in [5.41, 5.74) is 0.0830. The topological polar surface area (TPSA) is 20.2 Å². The largest absolute Gasteiger partial charge is 0.386 e. The smallest absolute Gasteiger partial charge is 0.0851 e. The van der Waals surface area contributed by atoms with Crippen LogP contribution >= 0.6 is 31.9 Å². The lowest BCUT2D eigenvalue weighted by Gasteiger charge is -2.19. The lowest BCUT2D eigenvalue weighted by molar-refractivity contribution is 0.0778. The van der Waals surface area contributed by atoms with Gasteiger partial charge in [0.1, 0.15) is 0 Å². The maximum absolute atomic E-state index is 9.74. The van der Waals surface area contributed by atoms with Crippen molar-refractivity contribution in [1.82, 2.24) is 0 Å². The van der Waals surface area contributed by atoms with E-state index in [1.54, 1.807) is 13.8 Å². The van der Waals surface area contributed by atoms with Crippen LogP contribution in [0.25, 0.3) is 0 Å². The molecule has 0 heterocycles. The minimum absolute atomic E-state index is 0.803. The molecule has 1 nitrogen and oxygen atoms in total. The average Bonchev–Trinajstić information content (AvgIpc) is 1.92. The second kappa shape index (κ2) is 3.48. The predicted octanol–water partition coefficient (Wildman–Crippen LogP) is 3.44. The molecule has 3 heteroatoms. The normalized spacial score (nSPS) is 11.8. The molecule has 1 rings (SSSR count). The van der Waals surface area contributed by atoms with Gasteiger partial charge in [0.25, 0.3) is 0 Å². The van der Waals surface area contributed by atoms with Crippen LogP contribution in [0.5, 0.6) is 0 Å². The maximum atomic E-state index is 9.74. The third-order valence-electron chi connectivity index (χ3n) is 1.59. The van der Waals surface area contributed by atoms with Crippen LogP contribution in [0.1, 0.15) is 19.4 Å². The first-order valence-electron chi connectivity index (χ1n) is 3.59. The van der Waals surface area contributed by atoms with Crippen molar-refractivity contribution in [2.75, 3.05) is 0 Å². The van der Waals surface area contributed by atoms with E-state index in [4.69, 9.17) is 0 Å². The summed E-state index contributed by atoms with van der Waals surface area (Å²) in [6.07, 6.45) is 0. The quantitative estimate of drug-likeness (QED) is 0.841. The second-order valence-corrected chi connectivity index (χ2v) is 4.95. The average molecular weight is 294 g/mol. The standard InChI is InChI=1S/C9H10Br2O/c1-9(2,12)7-5-6(10)3-4-8(7)11/h3-5,12H,1-2H3. The van der Waals surface area contributed by atoms with Crippen molar-refractivity contribution in [1.29, 1.82) is 0 Å². The highest BCUT2D eigenvalue weighted by molar-refractivity contribution is 9.11. The van der Waals surface area contributed by atoms with Gasteiger partial charge in [-0.1, -0.05) is 31.9 Å². The van der Waals surface area contributed by atoms with E-state index < -0.39 is 5.60 Å². The first-order chi connectivity index (χ1) is 5.41. The van der Waals surface area contributed by atoms with E-state index in [1.165, 1.54) is 0 Å². The van der Waals surface area contributed by atoms with Crippen molar-refractivity contribution in [3.63, 3.8) is 0 Å². The van der Waals surface area contributed by atoms with Crippen LogP contribution in [0, 0.1) is 0 Å². The predicted molar refractivity (Wildman–Crippen MR) is 57.1 cm³/mol. The van der Waals surface area contributed by atoms with Gasteiger partial charge in [-0.3, -0.25) is 0 Å². The highest BCUT2D eigenvalue weighted by Crippen LogP contribution is 2.30. The molecule has 0 saturated carbocycles. The summed E-state index contributed by atoms with van der Waals surface area (Å²) < 4.78 is 1.90. The van der Waals surface area contributed by atoms with Crippen LogP contribution in [-0.2, 0) is 5.60 Å². The lowest BCUT2D eigenvalue weighted by Crippen LogP contribution is -2.16. The fourth-order valence-corrected chi connectivity index (χ4v) is 2.06. The molecule has 0 bridgehead atoms. The molecular formula is C9H10Br2O. The Morgan fingerprint density at radius 2 is 1.83 bits per heavy atom. The van der Waals surface area contributed by atoms with E-state index in [-0.39, 0.29) is 0 Å². The molecule has 0 amide bonds. The van der Waals surface area contributed by atoms with Gasteiger partial charge < -0.3 is 5.11 Å². The van der Waals surface area contributed by atoms with Crippen LogP contribution < -0.4 is 0 Å². The van der Waals surface area contributed by atoms with Gasteiger partial charge in [-0.2, -0.15) is 0 Å². The molecule has 12 heavy (non-hydrogen) atoms. The summed E-state index contributed by atoms with van der Waals surface area (Å²) in [5.74, 6) is 0. The van der Waals surface area contributed by atoms with Crippen molar-refractivity contribution in [2.45, 2.75) is 19.4 Å². The molecule has 0 saturated heterocycles. The third kappa shape index (κ3) is 2.31. The molecule has 0 atom stereocenters. The van der Waals surface area contributed by atoms with E-state index >= 15 is 0 Å². The van der Waals surface area contributed by atoms with Gasteiger partial charge >= 0.3 is 0 Å².